The van der Waals surface area contributed by atoms with Crippen molar-refractivity contribution in [3.8, 4) is 17.1 Å². The summed E-state index contributed by atoms with van der Waals surface area (Å²) in [5.41, 5.74) is 2.99. The van der Waals surface area contributed by atoms with E-state index in [1.54, 1.807) is 6.20 Å². The van der Waals surface area contributed by atoms with Crippen LogP contribution < -0.4 is 0 Å². The SMILES string of the molecule is Cc1cnccc1-n1nc(-c2ccccc2)nc1CCN1CCCC1=O. The van der Waals surface area contributed by atoms with Gasteiger partial charge in [0.2, 0.25) is 5.91 Å². The van der Waals surface area contributed by atoms with Gasteiger partial charge in [0.25, 0.3) is 0 Å². The van der Waals surface area contributed by atoms with Crippen LogP contribution in [0, 0.1) is 6.92 Å². The van der Waals surface area contributed by atoms with Crippen molar-refractivity contribution in [2.75, 3.05) is 13.1 Å². The Bertz CT molecular complexity index is 919. The number of pyridine rings is 1. The zero-order valence-corrected chi connectivity index (χ0v) is 14.8. The number of benzene rings is 1. The van der Waals surface area contributed by atoms with E-state index in [0.717, 1.165) is 35.6 Å². The Balaban J connectivity index is 1.69. The van der Waals surface area contributed by atoms with Gasteiger partial charge >= 0.3 is 0 Å². The van der Waals surface area contributed by atoms with Crippen LogP contribution in [0.3, 0.4) is 0 Å². The highest BCUT2D eigenvalue weighted by Crippen LogP contribution is 2.20. The molecule has 132 valence electrons. The minimum Gasteiger partial charge on any atom is -0.342 e. The first-order chi connectivity index (χ1) is 12.7. The third-order valence-corrected chi connectivity index (χ3v) is 4.70. The van der Waals surface area contributed by atoms with Crippen LogP contribution in [0.2, 0.25) is 0 Å². The van der Waals surface area contributed by atoms with Crippen molar-refractivity contribution < 1.29 is 4.79 Å². The number of nitrogens with zero attached hydrogens (tertiary/aromatic N) is 5. The second-order valence-corrected chi connectivity index (χ2v) is 6.53. The van der Waals surface area contributed by atoms with Gasteiger partial charge in [0.05, 0.1) is 5.69 Å². The van der Waals surface area contributed by atoms with E-state index < -0.39 is 0 Å². The molecule has 1 aromatic carbocycles. The molecule has 6 nitrogen and oxygen atoms in total. The Hall–Kier alpha value is -3.02. The number of hydrogen-bond acceptors (Lipinski definition) is 4. The lowest BCUT2D eigenvalue weighted by Gasteiger charge is -2.15. The quantitative estimate of drug-likeness (QED) is 0.712. The molecule has 4 rings (SSSR count). The number of carbonyl (C=O) groups is 1. The van der Waals surface area contributed by atoms with E-state index in [4.69, 9.17) is 10.1 Å². The Morgan fingerprint density at radius 1 is 1.15 bits per heavy atom. The molecule has 1 fully saturated rings. The first-order valence-corrected chi connectivity index (χ1v) is 8.92. The summed E-state index contributed by atoms with van der Waals surface area (Å²) >= 11 is 0. The average molecular weight is 347 g/mol. The Morgan fingerprint density at radius 3 is 2.73 bits per heavy atom. The van der Waals surface area contributed by atoms with Gasteiger partial charge in [-0.2, -0.15) is 0 Å². The zero-order chi connectivity index (χ0) is 17.9. The van der Waals surface area contributed by atoms with Crippen LogP contribution >= 0.6 is 0 Å². The van der Waals surface area contributed by atoms with Crippen molar-refractivity contribution in [3.05, 3.63) is 60.2 Å². The Kier molecular flexibility index (Phi) is 4.48. The number of aromatic nitrogens is 4. The topological polar surface area (TPSA) is 63.9 Å². The van der Waals surface area contributed by atoms with Crippen LogP contribution in [0.5, 0.6) is 0 Å². The molecule has 1 amide bonds. The van der Waals surface area contributed by atoms with Gasteiger partial charge in [-0.3, -0.25) is 9.78 Å². The van der Waals surface area contributed by atoms with Gasteiger partial charge in [0, 0.05) is 43.9 Å². The van der Waals surface area contributed by atoms with Gasteiger partial charge in [-0.25, -0.2) is 9.67 Å². The second-order valence-electron chi connectivity index (χ2n) is 6.53. The molecule has 0 bridgehead atoms. The highest BCUT2D eigenvalue weighted by molar-refractivity contribution is 5.78. The number of carbonyl (C=O) groups excluding carboxylic acids is 1. The molecular weight excluding hydrogens is 326 g/mol. The second kappa shape index (κ2) is 7.07. The van der Waals surface area contributed by atoms with Gasteiger partial charge in [-0.1, -0.05) is 30.3 Å². The van der Waals surface area contributed by atoms with Crippen LogP contribution in [-0.2, 0) is 11.2 Å². The average Bonchev–Trinajstić information content (AvgIpc) is 3.27. The van der Waals surface area contributed by atoms with Gasteiger partial charge in [0.1, 0.15) is 5.82 Å². The highest BCUT2D eigenvalue weighted by Gasteiger charge is 2.21. The van der Waals surface area contributed by atoms with Crippen molar-refractivity contribution in [2.24, 2.45) is 0 Å². The summed E-state index contributed by atoms with van der Waals surface area (Å²) in [5.74, 6) is 1.79. The van der Waals surface area contributed by atoms with E-state index >= 15 is 0 Å². The number of rotatable bonds is 5. The predicted molar refractivity (Wildman–Crippen MR) is 98.8 cm³/mol. The van der Waals surface area contributed by atoms with Crippen molar-refractivity contribution in [3.63, 3.8) is 0 Å². The van der Waals surface area contributed by atoms with Crippen molar-refractivity contribution in [1.82, 2.24) is 24.6 Å². The lowest BCUT2D eigenvalue weighted by atomic mass is 10.2. The van der Waals surface area contributed by atoms with Gasteiger partial charge in [-0.05, 0) is 25.0 Å². The monoisotopic (exact) mass is 347 g/mol. The summed E-state index contributed by atoms with van der Waals surface area (Å²) < 4.78 is 1.89. The third kappa shape index (κ3) is 3.22. The fraction of sp³-hybridized carbons (Fsp3) is 0.300. The van der Waals surface area contributed by atoms with Crippen LogP contribution in [0.4, 0.5) is 0 Å². The molecule has 0 unspecified atom stereocenters. The summed E-state index contributed by atoms with van der Waals surface area (Å²) in [6.07, 6.45) is 5.87. The van der Waals surface area contributed by atoms with Crippen LogP contribution in [0.25, 0.3) is 17.1 Å². The summed E-state index contributed by atoms with van der Waals surface area (Å²) in [6.45, 7) is 3.53. The number of likely N-dealkylation sites (tertiary alicyclic amines) is 1. The maximum atomic E-state index is 11.9. The fourth-order valence-electron chi connectivity index (χ4n) is 3.29. The molecule has 3 aromatic rings. The highest BCUT2D eigenvalue weighted by atomic mass is 16.2. The lowest BCUT2D eigenvalue weighted by Crippen LogP contribution is -2.27. The molecular formula is C20H21N5O. The van der Waals surface area contributed by atoms with Gasteiger partial charge in [0.15, 0.2) is 5.82 Å². The standard InChI is InChI=1S/C20H21N5O/c1-15-14-21-11-9-17(15)25-18(10-13-24-12-5-8-19(24)26)22-20(23-25)16-6-3-2-4-7-16/h2-4,6-7,9,11,14H,5,8,10,12-13H2,1H3. The van der Waals surface area contributed by atoms with Crippen LogP contribution in [0.15, 0.2) is 48.8 Å². The molecule has 0 N–H and O–H groups in total. The normalized spacial score (nSPS) is 14.2. The minimum absolute atomic E-state index is 0.236. The smallest absolute Gasteiger partial charge is 0.222 e. The number of aryl methyl sites for hydroxylation is 1. The number of hydrogen-bond donors (Lipinski definition) is 0. The molecule has 6 heteroatoms. The summed E-state index contributed by atoms with van der Waals surface area (Å²) in [7, 11) is 0. The third-order valence-electron chi connectivity index (χ3n) is 4.70. The maximum Gasteiger partial charge on any atom is 0.222 e. The van der Waals surface area contributed by atoms with E-state index in [2.05, 4.69) is 4.98 Å². The predicted octanol–water partition coefficient (Wildman–Crippen LogP) is 2.80. The maximum absolute atomic E-state index is 11.9. The minimum atomic E-state index is 0.236. The van der Waals surface area contributed by atoms with Gasteiger partial charge in [-0.15, -0.1) is 5.10 Å². The molecule has 26 heavy (non-hydrogen) atoms. The molecule has 1 aliphatic heterocycles. The summed E-state index contributed by atoms with van der Waals surface area (Å²) in [6, 6.07) is 11.9. The Labute approximate surface area is 152 Å². The van der Waals surface area contributed by atoms with E-state index in [1.165, 1.54) is 0 Å². The molecule has 2 aromatic heterocycles. The number of amides is 1. The summed E-state index contributed by atoms with van der Waals surface area (Å²) in [5, 5.41) is 4.75. The van der Waals surface area contributed by atoms with E-state index in [-0.39, 0.29) is 5.91 Å². The molecule has 1 saturated heterocycles. The van der Waals surface area contributed by atoms with Crippen molar-refractivity contribution in [1.29, 1.82) is 0 Å². The summed E-state index contributed by atoms with van der Waals surface area (Å²) in [4.78, 5) is 22.8. The fourth-order valence-corrected chi connectivity index (χ4v) is 3.29. The molecule has 0 aliphatic carbocycles. The van der Waals surface area contributed by atoms with Crippen LogP contribution in [0.1, 0.15) is 24.2 Å². The van der Waals surface area contributed by atoms with E-state index in [9.17, 15) is 4.79 Å². The zero-order valence-electron chi connectivity index (χ0n) is 14.8. The van der Waals surface area contributed by atoms with E-state index in [0.29, 0.717) is 25.2 Å². The Morgan fingerprint density at radius 2 is 2.00 bits per heavy atom. The van der Waals surface area contributed by atoms with E-state index in [1.807, 2.05) is 59.1 Å². The first kappa shape index (κ1) is 16.4. The van der Waals surface area contributed by atoms with Gasteiger partial charge < -0.3 is 4.90 Å². The lowest BCUT2D eigenvalue weighted by molar-refractivity contribution is -0.127. The molecule has 1 aliphatic rings. The largest absolute Gasteiger partial charge is 0.342 e. The van der Waals surface area contributed by atoms with Crippen molar-refractivity contribution >= 4 is 5.91 Å². The van der Waals surface area contributed by atoms with Crippen molar-refractivity contribution in [2.45, 2.75) is 26.2 Å². The molecule has 0 saturated carbocycles. The molecule has 0 spiro atoms. The molecule has 0 radical (unpaired) electrons. The molecule has 0 atom stereocenters. The molecule has 3 heterocycles. The first-order valence-electron chi connectivity index (χ1n) is 8.92. The van der Waals surface area contributed by atoms with Crippen LogP contribution in [-0.4, -0.2) is 43.6 Å².